The fourth-order valence-electron chi connectivity index (χ4n) is 1.91. The average molecular weight is 251 g/mol. The smallest absolute Gasteiger partial charge is 0.147 e. The first-order valence-electron chi connectivity index (χ1n) is 5.49. The van der Waals surface area contributed by atoms with Crippen molar-refractivity contribution >= 4 is 9.84 Å². The van der Waals surface area contributed by atoms with Crippen molar-refractivity contribution in [3.63, 3.8) is 0 Å². The van der Waals surface area contributed by atoms with Crippen LogP contribution in [-0.2, 0) is 14.6 Å². The van der Waals surface area contributed by atoms with Gasteiger partial charge < -0.3 is 10.1 Å². The quantitative estimate of drug-likeness (QED) is 0.767. The molecule has 98 valence electrons. The molecule has 0 aromatic carbocycles. The molecule has 0 aliphatic heterocycles. The molecular formula is C11H25NO3S. The van der Waals surface area contributed by atoms with Gasteiger partial charge in [0.2, 0.25) is 0 Å². The maximum Gasteiger partial charge on any atom is 0.147 e. The lowest BCUT2D eigenvalue weighted by Gasteiger charge is -2.35. The van der Waals surface area contributed by atoms with Gasteiger partial charge in [-0.15, -0.1) is 0 Å². The van der Waals surface area contributed by atoms with Gasteiger partial charge in [0, 0.05) is 19.4 Å². The summed E-state index contributed by atoms with van der Waals surface area (Å²) < 4.78 is 27.8. The van der Waals surface area contributed by atoms with Crippen molar-refractivity contribution in [3.8, 4) is 0 Å². The highest BCUT2D eigenvalue weighted by molar-refractivity contribution is 7.90. The number of methoxy groups -OCH3 is 1. The van der Waals surface area contributed by atoms with Gasteiger partial charge in [0.1, 0.15) is 9.84 Å². The van der Waals surface area contributed by atoms with Crippen LogP contribution in [-0.4, -0.2) is 46.7 Å². The summed E-state index contributed by atoms with van der Waals surface area (Å²) in [4.78, 5) is 0. The molecule has 0 aliphatic carbocycles. The van der Waals surface area contributed by atoms with Crippen molar-refractivity contribution in [1.82, 2.24) is 5.32 Å². The zero-order chi connectivity index (χ0) is 13.0. The van der Waals surface area contributed by atoms with Crippen molar-refractivity contribution in [2.75, 3.05) is 26.2 Å². The van der Waals surface area contributed by atoms with E-state index in [1.165, 1.54) is 6.26 Å². The Labute approximate surface area is 99.7 Å². The molecule has 0 fully saturated rings. The molecule has 5 heteroatoms. The number of nitrogens with one attached hydrogen (secondary N) is 1. The summed E-state index contributed by atoms with van der Waals surface area (Å²) in [5, 5.41) is 3.14. The SMILES string of the molecule is CNC(CCS(C)(=O)=O)C(OC)C(C)(C)C. The summed E-state index contributed by atoms with van der Waals surface area (Å²) in [7, 11) is 0.593. The first-order valence-corrected chi connectivity index (χ1v) is 7.55. The van der Waals surface area contributed by atoms with Gasteiger partial charge >= 0.3 is 0 Å². The number of likely N-dealkylation sites (N-methyl/N-ethyl adjacent to an activating group) is 1. The van der Waals surface area contributed by atoms with Gasteiger partial charge in [0.25, 0.3) is 0 Å². The molecule has 2 unspecified atom stereocenters. The Bertz CT molecular complexity index is 293. The van der Waals surface area contributed by atoms with Crippen LogP contribution in [0.1, 0.15) is 27.2 Å². The molecule has 1 N–H and O–H groups in total. The Morgan fingerprint density at radius 1 is 1.31 bits per heavy atom. The van der Waals surface area contributed by atoms with E-state index in [0.717, 1.165) is 0 Å². The fraction of sp³-hybridized carbons (Fsp3) is 1.00. The number of hydrogen-bond donors (Lipinski definition) is 1. The van der Waals surface area contributed by atoms with Crippen molar-refractivity contribution < 1.29 is 13.2 Å². The van der Waals surface area contributed by atoms with E-state index in [-0.39, 0.29) is 23.3 Å². The first kappa shape index (κ1) is 15.9. The van der Waals surface area contributed by atoms with Crippen molar-refractivity contribution in [3.05, 3.63) is 0 Å². The molecule has 16 heavy (non-hydrogen) atoms. The summed E-state index contributed by atoms with van der Waals surface area (Å²) >= 11 is 0. The highest BCUT2D eigenvalue weighted by atomic mass is 32.2. The van der Waals surface area contributed by atoms with E-state index in [1.807, 2.05) is 7.05 Å². The maximum atomic E-state index is 11.1. The second-order valence-corrected chi connectivity index (χ2v) is 7.60. The topological polar surface area (TPSA) is 55.4 Å². The molecule has 2 atom stereocenters. The third kappa shape index (κ3) is 5.82. The van der Waals surface area contributed by atoms with E-state index >= 15 is 0 Å². The molecule has 0 aliphatic rings. The number of ether oxygens (including phenoxy) is 1. The van der Waals surface area contributed by atoms with E-state index in [4.69, 9.17) is 4.74 Å². The molecule has 0 saturated heterocycles. The van der Waals surface area contributed by atoms with Crippen LogP contribution in [0.3, 0.4) is 0 Å². The minimum Gasteiger partial charge on any atom is -0.379 e. The van der Waals surface area contributed by atoms with Crippen LogP contribution in [0.4, 0.5) is 0 Å². The summed E-state index contributed by atoms with van der Waals surface area (Å²) in [5.74, 6) is 0.189. The van der Waals surface area contributed by atoms with E-state index in [0.29, 0.717) is 6.42 Å². The molecule has 0 aromatic rings. The van der Waals surface area contributed by atoms with E-state index in [2.05, 4.69) is 26.1 Å². The van der Waals surface area contributed by atoms with Gasteiger partial charge in [-0.05, 0) is 18.9 Å². The van der Waals surface area contributed by atoms with Gasteiger partial charge in [-0.25, -0.2) is 8.42 Å². The van der Waals surface area contributed by atoms with Crippen LogP contribution in [0, 0.1) is 5.41 Å². The first-order chi connectivity index (χ1) is 7.11. The minimum absolute atomic E-state index is 0.000694. The van der Waals surface area contributed by atoms with E-state index < -0.39 is 9.84 Å². The third-order valence-electron chi connectivity index (χ3n) is 2.64. The lowest BCUT2D eigenvalue weighted by atomic mass is 9.83. The Morgan fingerprint density at radius 2 is 1.81 bits per heavy atom. The Morgan fingerprint density at radius 3 is 2.06 bits per heavy atom. The second kappa shape index (κ2) is 5.98. The van der Waals surface area contributed by atoms with Crippen LogP contribution in [0.25, 0.3) is 0 Å². The molecule has 0 bridgehead atoms. The highest BCUT2D eigenvalue weighted by Gasteiger charge is 2.31. The fourth-order valence-corrected chi connectivity index (χ4v) is 2.59. The lowest BCUT2D eigenvalue weighted by Crippen LogP contribution is -2.47. The average Bonchev–Trinajstić information content (AvgIpc) is 2.08. The summed E-state index contributed by atoms with van der Waals surface area (Å²) in [6.07, 6.45) is 1.84. The van der Waals surface area contributed by atoms with Crippen LogP contribution in [0.5, 0.6) is 0 Å². The zero-order valence-corrected chi connectivity index (χ0v) is 12.0. The molecule has 0 aromatic heterocycles. The van der Waals surface area contributed by atoms with Crippen molar-refractivity contribution in [1.29, 1.82) is 0 Å². The highest BCUT2D eigenvalue weighted by Crippen LogP contribution is 2.25. The molecule has 4 nitrogen and oxygen atoms in total. The Hall–Kier alpha value is -0.130. The van der Waals surface area contributed by atoms with Gasteiger partial charge in [-0.2, -0.15) is 0 Å². The summed E-state index contributed by atoms with van der Waals surface area (Å²) in [6, 6.07) is 0.0553. The molecule has 0 saturated carbocycles. The van der Waals surface area contributed by atoms with Crippen LogP contribution in [0.2, 0.25) is 0 Å². The Kier molecular flexibility index (Phi) is 5.93. The number of rotatable bonds is 6. The van der Waals surface area contributed by atoms with Gasteiger partial charge in [0.05, 0.1) is 11.9 Å². The molecule has 0 spiro atoms. The Balaban J connectivity index is 4.58. The normalized spacial score (nSPS) is 17.1. The molecule has 0 amide bonds. The molecule has 0 heterocycles. The van der Waals surface area contributed by atoms with Crippen LogP contribution < -0.4 is 5.32 Å². The predicted molar refractivity (Wildman–Crippen MR) is 67.4 cm³/mol. The second-order valence-electron chi connectivity index (χ2n) is 5.34. The van der Waals surface area contributed by atoms with E-state index in [9.17, 15) is 8.42 Å². The molecule has 0 rings (SSSR count). The van der Waals surface area contributed by atoms with Gasteiger partial charge in [-0.1, -0.05) is 20.8 Å². The maximum absolute atomic E-state index is 11.1. The van der Waals surface area contributed by atoms with Gasteiger partial charge in [0.15, 0.2) is 0 Å². The van der Waals surface area contributed by atoms with E-state index in [1.54, 1.807) is 7.11 Å². The van der Waals surface area contributed by atoms with Crippen LogP contribution in [0.15, 0.2) is 0 Å². The lowest BCUT2D eigenvalue weighted by molar-refractivity contribution is -0.00997. The minimum atomic E-state index is -2.91. The third-order valence-corrected chi connectivity index (χ3v) is 3.62. The standard InChI is InChI=1S/C11H25NO3S/c1-11(2,3)10(15-5)9(12-4)7-8-16(6,13)14/h9-10,12H,7-8H2,1-6H3. The van der Waals surface area contributed by atoms with Crippen LogP contribution >= 0.6 is 0 Å². The number of sulfone groups is 1. The largest absolute Gasteiger partial charge is 0.379 e. The molecular weight excluding hydrogens is 226 g/mol. The number of hydrogen-bond acceptors (Lipinski definition) is 4. The zero-order valence-electron chi connectivity index (χ0n) is 11.2. The summed E-state index contributed by atoms with van der Waals surface area (Å²) in [5.41, 5.74) is -0.0140. The molecule has 0 radical (unpaired) electrons. The van der Waals surface area contributed by atoms with Gasteiger partial charge in [-0.3, -0.25) is 0 Å². The van der Waals surface area contributed by atoms with Crippen molar-refractivity contribution in [2.24, 2.45) is 5.41 Å². The predicted octanol–water partition coefficient (Wildman–Crippen LogP) is 1.07. The summed E-state index contributed by atoms with van der Waals surface area (Å²) in [6.45, 7) is 6.27. The van der Waals surface area contributed by atoms with Crippen molar-refractivity contribution in [2.45, 2.75) is 39.3 Å². The monoisotopic (exact) mass is 251 g/mol.